The van der Waals surface area contributed by atoms with E-state index in [0.29, 0.717) is 22.8 Å². The molecule has 0 aliphatic carbocycles. The van der Waals surface area contributed by atoms with Gasteiger partial charge in [0.1, 0.15) is 0 Å². The zero-order valence-corrected chi connectivity index (χ0v) is 12.3. The summed E-state index contributed by atoms with van der Waals surface area (Å²) in [5, 5.41) is 5.67. The van der Waals surface area contributed by atoms with Crippen LogP contribution in [-0.4, -0.2) is 24.4 Å². The maximum absolute atomic E-state index is 11.8. The zero-order chi connectivity index (χ0) is 13.7. The van der Waals surface area contributed by atoms with E-state index in [-0.39, 0.29) is 24.2 Å². The second-order valence-corrected chi connectivity index (χ2v) is 4.26. The molecule has 106 valence electrons. The fourth-order valence-electron chi connectivity index (χ4n) is 1.32. The van der Waals surface area contributed by atoms with Crippen LogP contribution in [0.3, 0.4) is 0 Å². The molecule has 1 aromatic carbocycles. The van der Waals surface area contributed by atoms with Crippen LogP contribution >= 0.6 is 24.0 Å². The number of hydrogen-bond acceptors (Lipinski definition) is 3. The molecule has 0 bridgehead atoms. The summed E-state index contributed by atoms with van der Waals surface area (Å²) in [5.74, 6) is -0.650. The molecule has 19 heavy (non-hydrogen) atoms. The molecule has 0 unspecified atom stereocenters. The minimum atomic E-state index is -0.650. The maximum Gasteiger partial charge on any atom is 0.253 e. The first kappa shape index (κ1) is 17.7. The average Bonchev–Trinajstić information content (AvgIpc) is 2.31. The molecule has 0 saturated heterocycles. The molecule has 0 heterocycles. The van der Waals surface area contributed by atoms with Crippen LogP contribution in [0.5, 0.6) is 0 Å². The van der Waals surface area contributed by atoms with Gasteiger partial charge in [-0.2, -0.15) is 0 Å². The fraction of sp³-hybridized carbons (Fsp3) is 0.333. The lowest BCUT2D eigenvalue weighted by Gasteiger charge is -2.12. The highest BCUT2D eigenvalue weighted by Gasteiger charge is 2.15. The molecule has 0 aliphatic heterocycles. The second-order valence-electron chi connectivity index (χ2n) is 3.83. The number of amides is 2. The fourth-order valence-corrected chi connectivity index (χ4v) is 1.49. The number of nitrogens with two attached hydrogens (primary N) is 1. The average molecular weight is 306 g/mol. The van der Waals surface area contributed by atoms with Crippen LogP contribution in [0, 0.1) is 0 Å². The Morgan fingerprint density at radius 3 is 2.58 bits per heavy atom. The Kier molecular flexibility index (Phi) is 7.44. The third-order valence-electron chi connectivity index (χ3n) is 2.24. The Balaban J connectivity index is 0.00000324. The largest absolute Gasteiger partial charge is 0.352 e. The summed E-state index contributed by atoms with van der Waals surface area (Å²) < 4.78 is 0. The summed E-state index contributed by atoms with van der Waals surface area (Å²) in [7, 11) is 0. The van der Waals surface area contributed by atoms with Gasteiger partial charge in [0.25, 0.3) is 5.91 Å². The highest BCUT2D eigenvalue weighted by molar-refractivity contribution is 6.31. The normalized spacial score (nSPS) is 11.2. The number of hydrogen-bond donors (Lipinski definition) is 3. The van der Waals surface area contributed by atoms with Gasteiger partial charge in [-0.25, -0.2) is 0 Å². The number of carbonyl (C=O) groups excluding carboxylic acids is 2. The van der Waals surface area contributed by atoms with Gasteiger partial charge in [0, 0.05) is 11.6 Å². The monoisotopic (exact) mass is 305 g/mol. The van der Waals surface area contributed by atoms with Crippen molar-refractivity contribution in [2.45, 2.75) is 19.9 Å². The molecule has 1 aromatic rings. The molecule has 5 nitrogen and oxygen atoms in total. The Morgan fingerprint density at radius 1 is 1.42 bits per heavy atom. The summed E-state index contributed by atoms with van der Waals surface area (Å²) in [6.45, 7) is 3.87. The molecule has 0 radical (unpaired) electrons. The van der Waals surface area contributed by atoms with Crippen molar-refractivity contribution in [3.63, 3.8) is 0 Å². The van der Waals surface area contributed by atoms with Crippen LogP contribution in [0.4, 0.5) is 5.69 Å². The molecule has 0 aromatic heterocycles. The van der Waals surface area contributed by atoms with Crippen molar-refractivity contribution in [3.05, 3.63) is 28.8 Å². The number of nitrogens with one attached hydrogen (secondary N) is 2. The van der Waals surface area contributed by atoms with Gasteiger partial charge in [-0.3, -0.25) is 9.59 Å². The van der Waals surface area contributed by atoms with E-state index in [1.165, 1.54) is 6.07 Å². The molecular weight excluding hydrogens is 289 g/mol. The molecule has 0 saturated carbocycles. The maximum atomic E-state index is 11.8. The van der Waals surface area contributed by atoms with E-state index >= 15 is 0 Å². The van der Waals surface area contributed by atoms with Gasteiger partial charge in [-0.1, -0.05) is 11.6 Å². The lowest BCUT2D eigenvalue weighted by atomic mass is 10.1. The number of halogens is 2. The van der Waals surface area contributed by atoms with Crippen molar-refractivity contribution < 1.29 is 9.59 Å². The van der Waals surface area contributed by atoms with E-state index < -0.39 is 6.04 Å². The SMILES string of the molecule is CCNC(=O)c1cc(Cl)ccc1NC(=O)[C@H](C)N.Cl. The van der Waals surface area contributed by atoms with Gasteiger partial charge in [-0.05, 0) is 32.0 Å². The Morgan fingerprint density at radius 2 is 2.05 bits per heavy atom. The third-order valence-corrected chi connectivity index (χ3v) is 2.47. The first-order valence-corrected chi connectivity index (χ1v) is 5.97. The quantitative estimate of drug-likeness (QED) is 0.793. The molecule has 4 N–H and O–H groups in total. The summed E-state index contributed by atoms with van der Waals surface area (Å²) in [4.78, 5) is 23.3. The van der Waals surface area contributed by atoms with Gasteiger partial charge in [-0.15, -0.1) is 12.4 Å². The lowest BCUT2D eigenvalue weighted by Crippen LogP contribution is -2.33. The van der Waals surface area contributed by atoms with E-state index in [4.69, 9.17) is 17.3 Å². The van der Waals surface area contributed by atoms with E-state index in [1.807, 2.05) is 6.92 Å². The first-order chi connectivity index (χ1) is 8.45. The highest BCUT2D eigenvalue weighted by atomic mass is 35.5. The van der Waals surface area contributed by atoms with Gasteiger partial charge < -0.3 is 16.4 Å². The molecule has 0 fully saturated rings. The molecule has 0 aliphatic rings. The van der Waals surface area contributed by atoms with E-state index in [1.54, 1.807) is 19.1 Å². The second kappa shape index (κ2) is 7.99. The third kappa shape index (κ3) is 5.06. The van der Waals surface area contributed by atoms with Crippen molar-refractivity contribution in [3.8, 4) is 0 Å². The first-order valence-electron chi connectivity index (χ1n) is 5.60. The number of benzene rings is 1. The van der Waals surface area contributed by atoms with E-state index in [2.05, 4.69) is 10.6 Å². The van der Waals surface area contributed by atoms with Crippen molar-refractivity contribution in [1.82, 2.24) is 5.32 Å². The van der Waals surface area contributed by atoms with Gasteiger partial charge in [0.15, 0.2) is 0 Å². The van der Waals surface area contributed by atoms with Crippen molar-refractivity contribution >= 4 is 41.5 Å². The minimum absolute atomic E-state index is 0. The molecule has 0 spiro atoms. The molecule has 1 rings (SSSR count). The van der Waals surface area contributed by atoms with Gasteiger partial charge >= 0.3 is 0 Å². The van der Waals surface area contributed by atoms with Crippen LogP contribution < -0.4 is 16.4 Å². The van der Waals surface area contributed by atoms with Crippen LogP contribution in [0.1, 0.15) is 24.2 Å². The van der Waals surface area contributed by atoms with Crippen LogP contribution in [0.15, 0.2) is 18.2 Å². The summed E-state index contributed by atoms with van der Waals surface area (Å²) in [6, 6.07) is 4.03. The molecular formula is C12H17Cl2N3O2. The summed E-state index contributed by atoms with van der Waals surface area (Å²) in [5.41, 5.74) is 6.17. The molecule has 1 atom stereocenters. The molecule has 2 amide bonds. The Bertz CT molecular complexity index is 464. The van der Waals surface area contributed by atoms with E-state index in [0.717, 1.165) is 0 Å². The Labute approximate surface area is 123 Å². The van der Waals surface area contributed by atoms with Crippen molar-refractivity contribution in [2.75, 3.05) is 11.9 Å². The lowest BCUT2D eigenvalue weighted by molar-refractivity contribution is -0.117. The van der Waals surface area contributed by atoms with E-state index in [9.17, 15) is 9.59 Å². The number of anilines is 1. The Hall–Kier alpha value is -1.30. The zero-order valence-electron chi connectivity index (χ0n) is 10.7. The van der Waals surface area contributed by atoms with Gasteiger partial charge in [0.2, 0.25) is 5.91 Å². The standard InChI is InChI=1S/C12H16ClN3O2.ClH/c1-3-15-12(18)9-6-8(13)4-5-10(9)16-11(17)7(2)14;/h4-7H,3,14H2,1-2H3,(H,15,18)(H,16,17);1H/t7-;/m0./s1. The molecule has 7 heteroatoms. The summed E-state index contributed by atoms with van der Waals surface area (Å²) >= 11 is 5.84. The van der Waals surface area contributed by atoms with Crippen LogP contribution in [-0.2, 0) is 4.79 Å². The predicted octanol–water partition coefficient (Wildman–Crippen LogP) is 1.80. The highest BCUT2D eigenvalue weighted by Crippen LogP contribution is 2.20. The predicted molar refractivity (Wildman–Crippen MR) is 79.0 cm³/mol. The van der Waals surface area contributed by atoms with Crippen LogP contribution in [0.25, 0.3) is 0 Å². The summed E-state index contributed by atoms with van der Waals surface area (Å²) in [6.07, 6.45) is 0. The van der Waals surface area contributed by atoms with Crippen LogP contribution in [0.2, 0.25) is 5.02 Å². The topological polar surface area (TPSA) is 84.2 Å². The van der Waals surface area contributed by atoms with Gasteiger partial charge in [0.05, 0.1) is 17.3 Å². The van der Waals surface area contributed by atoms with Crippen molar-refractivity contribution in [2.24, 2.45) is 5.73 Å². The van der Waals surface area contributed by atoms with Crippen molar-refractivity contribution in [1.29, 1.82) is 0 Å². The number of carbonyl (C=O) groups is 2. The smallest absolute Gasteiger partial charge is 0.253 e. The number of rotatable bonds is 4. The minimum Gasteiger partial charge on any atom is -0.352 e.